The summed E-state index contributed by atoms with van der Waals surface area (Å²) < 4.78 is 0. The van der Waals surface area contributed by atoms with Crippen molar-refractivity contribution in [3.05, 3.63) is 0 Å². The molecule has 0 aliphatic heterocycles. The number of carbonyl (C=O) groups is 3. The number of aliphatic carboxylic acids is 1. The van der Waals surface area contributed by atoms with Crippen LogP contribution < -0.4 is 16.4 Å². The number of carboxylic acids is 1. The van der Waals surface area contributed by atoms with Crippen molar-refractivity contribution in [3.8, 4) is 0 Å². The smallest absolute Gasteiger partial charge is 0.326 e. The number of carbonyl (C=O) groups excluding carboxylic acids is 2. The maximum absolute atomic E-state index is 12.7. The van der Waals surface area contributed by atoms with Crippen LogP contribution in [0, 0.1) is 5.92 Å². The molecule has 0 unspecified atom stereocenters. The van der Waals surface area contributed by atoms with Gasteiger partial charge in [0, 0.05) is 6.42 Å². The Morgan fingerprint density at radius 1 is 0.806 bits per heavy atom. The third kappa shape index (κ3) is 16.7. The van der Waals surface area contributed by atoms with Crippen LogP contribution in [0.1, 0.15) is 111 Å². The average Bonchev–Trinajstić information content (AvgIpc) is 2.70. The fourth-order valence-corrected chi connectivity index (χ4v) is 3.59. The zero-order valence-corrected chi connectivity index (χ0v) is 20.1. The maximum atomic E-state index is 12.7. The Morgan fingerprint density at radius 2 is 1.39 bits per heavy atom. The quantitative estimate of drug-likeness (QED) is 0.212. The van der Waals surface area contributed by atoms with Gasteiger partial charge in [-0.1, -0.05) is 72.1 Å². The first-order valence-electron chi connectivity index (χ1n) is 12.3. The summed E-state index contributed by atoms with van der Waals surface area (Å²) in [6.45, 7) is 6.66. The second-order valence-electron chi connectivity index (χ2n) is 9.01. The Kier molecular flexibility index (Phi) is 18.1. The Morgan fingerprint density at radius 3 is 1.90 bits per heavy atom. The summed E-state index contributed by atoms with van der Waals surface area (Å²) in [6.07, 6.45) is 13.2. The molecule has 0 aromatic carbocycles. The Hall–Kier alpha value is -1.63. The normalized spacial score (nSPS) is 13.1. The van der Waals surface area contributed by atoms with Gasteiger partial charge in [-0.25, -0.2) is 4.79 Å². The van der Waals surface area contributed by atoms with Gasteiger partial charge in [-0.05, 0) is 44.6 Å². The van der Waals surface area contributed by atoms with Gasteiger partial charge in [0.05, 0.1) is 0 Å². The van der Waals surface area contributed by atoms with Crippen molar-refractivity contribution in [2.75, 3.05) is 6.54 Å². The molecule has 0 spiro atoms. The lowest BCUT2D eigenvalue weighted by Gasteiger charge is -2.23. The number of hydrogen-bond donors (Lipinski definition) is 4. The van der Waals surface area contributed by atoms with Crippen molar-refractivity contribution in [3.63, 3.8) is 0 Å². The van der Waals surface area contributed by atoms with Crippen molar-refractivity contribution < 1.29 is 19.5 Å². The minimum Gasteiger partial charge on any atom is -0.480 e. The second-order valence-corrected chi connectivity index (χ2v) is 9.01. The standard InChI is InChI=1S/C24H47N3O4/c1-4-5-6-7-8-9-10-11-12-16-22(28)26-21(18-19(2)3)23(29)27-20(24(30)31)15-13-14-17-25/h19-21H,4-18,25H2,1-3H3,(H,26,28)(H,27,29)(H,30,31)/t20-,21-/m0/s1. The van der Waals surface area contributed by atoms with E-state index in [0.29, 0.717) is 38.6 Å². The van der Waals surface area contributed by atoms with E-state index in [2.05, 4.69) is 17.6 Å². The summed E-state index contributed by atoms with van der Waals surface area (Å²) in [6, 6.07) is -1.66. The topological polar surface area (TPSA) is 122 Å². The highest BCUT2D eigenvalue weighted by Gasteiger charge is 2.26. The van der Waals surface area contributed by atoms with Gasteiger partial charge in [-0.15, -0.1) is 0 Å². The van der Waals surface area contributed by atoms with E-state index >= 15 is 0 Å². The van der Waals surface area contributed by atoms with E-state index in [0.717, 1.165) is 19.3 Å². The Balaban J connectivity index is 4.38. The van der Waals surface area contributed by atoms with E-state index in [1.807, 2.05) is 13.8 Å². The molecular formula is C24H47N3O4. The zero-order valence-electron chi connectivity index (χ0n) is 20.1. The van der Waals surface area contributed by atoms with Crippen LogP contribution in [0.4, 0.5) is 0 Å². The van der Waals surface area contributed by atoms with Gasteiger partial charge in [0.25, 0.3) is 0 Å². The van der Waals surface area contributed by atoms with Crippen LogP contribution in [0.3, 0.4) is 0 Å². The number of amides is 2. The average molecular weight is 442 g/mol. The maximum Gasteiger partial charge on any atom is 0.326 e. The summed E-state index contributed by atoms with van der Waals surface area (Å²) in [5.41, 5.74) is 5.46. The molecule has 7 nitrogen and oxygen atoms in total. The van der Waals surface area contributed by atoms with Crippen LogP contribution in [0.15, 0.2) is 0 Å². The number of hydrogen-bond acceptors (Lipinski definition) is 4. The Bertz CT molecular complexity index is 497. The molecule has 0 aliphatic carbocycles. The molecule has 0 saturated heterocycles. The van der Waals surface area contributed by atoms with Crippen LogP contribution in [0.5, 0.6) is 0 Å². The molecule has 5 N–H and O–H groups in total. The van der Waals surface area contributed by atoms with Gasteiger partial charge in [0.15, 0.2) is 0 Å². The number of unbranched alkanes of at least 4 members (excludes halogenated alkanes) is 9. The molecule has 0 heterocycles. The lowest BCUT2D eigenvalue weighted by atomic mass is 10.0. The van der Waals surface area contributed by atoms with Gasteiger partial charge in [0.2, 0.25) is 11.8 Å². The molecule has 182 valence electrons. The summed E-state index contributed by atoms with van der Waals surface area (Å²) in [4.78, 5) is 36.5. The van der Waals surface area contributed by atoms with Crippen LogP contribution >= 0.6 is 0 Å². The first-order valence-corrected chi connectivity index (χ1v) is 12.3. The van der Waals surface area contributed by atoms with Crippen molar-refractivity contribution in [1.29, 1.82) is 0 Å². The molecule has 0 aromatic rings. The molecular weight excluding hydrogens is 394 g/mol. The molecule has 0 rings (SSSR count). The van der Waals surface area contributed by atoms with Crippen LogP contribution in [-0.2, 0) is 14.4 Å². The summed E-state index contributed by atoms with van der Waals surface area (Å²) in [5, 5.41) is 14.8. The zero-order chi connectivity index (χ0) is 23.5. The van der Waals surface area contributed by atoms with Crippen LogP contribution in [0.25, 0.3) is 0 Å². The molecule has 31 heavy (non-hydrogen) atoms. The largest absolute Gasteiger partial charge is 0.480 e. The van der Waals surface area contributed by atoms with E-state index in [9.17, 15) is 19.5 Å². The van der Waals surface area contributed by atoms with E-state index in [4.69, 9.17) is 5.73 Å². The fraction of sp³-hybridized carbons (Fsp3) is 0.875. The van der Waals surface area contributed by atoms with Gasteiger partial charge < -0.3 is 21.5 Å². The van der Waals surface area contributed by atoms with Gasteiger partial charge in [-0.3, -0.25) is 9.59 Å². The van der Waals surface area contributed by atoms with Crippen LogP contribution in [-0.4, -0.2) is 41.5 Å². The summed E-state index contributed by atoms with van der Waals surface area (Å²) >= 11 is 0. The summed E-state index contributed by atoms with van der Waals surface area (Å²) in [7, 11) is 0. The van der Waals surface area contributed by atoms with Crippen molar-refractivity contribution in [2.24, 2.45) is 11.7 Å². The van der Waals surface area contributed by atoms with Gasteiger partial charge in [-0.2, -0.15) is 0 Å². The fourth-order valence-electron chi connectivity index (χ4n) is 3.59. The minimum absolute atomic E-state index is 0.140. The predicted octanol–water partition coefficient (Wildman–Crippen LogP) is 4.14. The monoisotopic (exact) mass is 441 g/mol. The van der Waals surface area contributed by atoms with E-state index in [1.54, 1.807) is 0 Å². The molecule has 0 aliphatic rings. The lowest BCUT2D eigenvalue weighted by Crippen LogP contribution is -2.52. The van der Waals surface area contributed by atoms with E-state index in [1.165, 1.54) is 38.5 Å². The third-order valence-corrected chi connectivity index (χ3v) is 5.43. The third-order valence-electron chi connectivity index (χ3n) is 5.43. The number of carboxylic acid groups (broad SMARTS) is 1. The molecule has 0 aromatic heterocycles. The molecule has 0 fully saturated rings. The Labute approximate surface area is 189 Å². The van der Waals surface area contributed by atoms with Crippen molar-refractivity contribution in [1.82, 2.24) is 10.6 Å². The number of nitrogens with one attached hydrogen (secondary N) is 2. The molecule has 0 bridgehead atoms. The van der Waals surface area contributed by atoms with Gasteiger partial charge in [0.1, 0.15) is 12.1 Å². The van der Waals surface area contributed by atoms with Crippen molar-refractivity contribution in [2.45, 2.75) is 123 Å². The number of rotatable bonds is 20. The highest BCUT2D eigenvalue weighted by atomic mass is 16.4. The highest BCUT2D eigenvalue weighted by molar-refractivity contribution is 5.90. The first kappa shape index (κ1) is 29.4. The minimum atomic E-state index is -1.06. The van der Waals surface area contributed by atoms with Gasteiger partial charge >= 0.3 is 5.97 Å². The predicted molar refractivity (Wildman–Crippen MR) is 126 cm³/mol. The van der Waals surface area contributed by atoms with E-state index in [-0.39, 0.29) is 11.8 Å². The molecule has 2 amide bonds. The van der Waals surface area contributed by atoms with Crippen molar-refractivity contribution >= 4 is 17.8 Å². The lowest BCUT2D eigenvalue weighted by molar-refractivity contribution is -0.142. The molecule has 0 saturated carbocycles. The molecule has 2 atom stereocenters. The number of nitrogens with two attached hydrogens (primary N) is 1. The SMILES string of the molecule is CCCCCCCCCCCC(=O)N[C@@H](CC(C)C)C(=O)N[C@@H](CCCCN)C(=O)O. The van der Waals surface area contributed by atoms with E-state index < -0.39 is 24.0 Å². The second kappa shape index (κ2) is 19.1. The summed E-state index contributed by atoms with van der Waals surface area (Å²) in [5.74, 6) is -1.42. The van der Waals surface area contributed by atoms with Crippen LogP contribution in [0.2, 0.25) is 0 Å². The highest BCUT2D eigenvalue weighted by Crippen LogP contribution is 2.11. The molecule has 0 radical (unpaired) electrons. The first-order chi connectivity index (χ1) is 14.8. The molecule has 7 heteroatoms.